The van der Waals surface area contributed by atoms with Crippen LogP contribution in [0.5, 0.6) is 0 Å². The van der Waals surface area contributed by atoms with Crippen molar-refractivity contribution in [3.8, 4) is 0 Å². The molecule has 1 heterocycles. The molecule has 0 saturated carbocycles. The van der Waals surface area contributed by atoms with Crippen LogP contribution in [0, 0.1) is 0 Å². The van der Waals surface area contributed by atoms with Crippen LogP contribution in [0.3, 0.4) is 0 Å². The van der Waals surface area contributed by atoms with Gasteiger partial charge in [0.25, 0.3) is 0 Å². The topological polar surface area (TPSA) is 32.9 Å². The summed E-state index contributed by atoms with van der Waals surface area (Å²) in [4.78, 5) is 15.4. The fourth-order valence-corrected chi connectivity index (χ4v) is 1.86. The largest absolute Gasteiger partial charge is 0.352 e. The van der Waals surface area contributed by atoms with E-state index in [1.54, 1.807) is 18.7 Å². The molecule has 0 saturated heterocycles. The van der Waals surface area contributed by atoms with Crippen molar-refractivity contribution in [2.75, 3.05) is 6.26 Å². The average Bonchev–Trinajstić information content (AvgIpc) is 2.59. The quantitative estimate of drug-likeness (QED) is 0.603. The van der Waals surface area contributed by atoms with E-state index in [1.807, 2.05) is 18.4 Å². The second-order valence-corrected chi connectivity index (χ2v) is 4.07. The Hall–Kier alpha value is -1.22. The average molecular weight is 205 g/mol. The van der Waals surface area contributed by atoms with Gasteiger partial charge in [-0.25, -0.2) is 0 Å². The van der Waals surface area contributed by atoms with Crippen molar-refractivity contribution in [2.45, 2.75) is 11.8 Å². The van der Waals surface area contributed by atoms with Gasteiger partial charge >= 0.3 is 0 Å². The molecule has 2 nitrogen and oxygen atoms in total. The molecule has 2 rings (SSSR count). The number of rotatable bonds is 2. The molecular formula is C11H11NOS. The predicted octanol–water partition coefficient (Wildman–Crippen LogP) is 3.09. The van der Waals surface area contributed by atoms with Gasteiger partial charge in [0.2, 0.25) is 0 Å². The number of thioether (sulfide) groups is 1. The molecule has 0 bridgehead atoms. The highest BCUT2D eigenvalue weighted by atomic mass is 32.2. The van der Waals surface area contributed by atoms with E-state index >= 15 is 0 Å². The number of aromatic nitrogens is 1. The lowest BCUT2D eigenvalue weighted by Gasteiger charge is -1.94. The second kappa shape index (κ2) is 3.50. The number of nitrogens with one attached hydrogen (secondary N) is 1. The molecule has 1 aromatic carbocycles. The van der Waals surface area contributed by atoms with Crippen LogP contribution < -0.4 is 0 Å². The molecule has 0 spiro atoms. The highest BCUT2D eigenvalue weighted by Gasteiger charge is 2.04. The van der Waals surface area contributed by atoms with Crippen molar-refractivity contribution < 1.29 is 4.79 Å². The summed E-state index contributed by atoms with van der Waals surface area (Å²) in [5, 5.41) is 1.09. The summed E-state index contributed by atoms with van der Waals surface area (Å²) in [6.07, 6.45) is 2.04. The van der Waals surface area contributed by atoms with Crippen LogP contribution in [-0.4, -0.2) is 17.0 Å². The zero-order valence-electron chi connectivity index (χ0n) is 8.13. The summed E-state index contributed by atoms with van der Waals surface area (Å²) in [6, 6.07) is 8.04. The first-order chi connectivity index (χ1) is 6.70. The van der Waals surface area contributed by atoms with Crippen LogP contribution in [-0.2, 0) is 0 Å². The lowest BCUT2D eigenvalue weighted by atomic mass is 10.2. The van der Waals surface area contributed by atoms with Gasteiger partial charge in [-0.2, -0.15) is 0 Å². The third-order valence-electron chi connectivity index (χ3n) is 2.21. The predicted molar refractivity (Wildman–Crippen MR) is 60.1 cm³/mol. The molecule has 0 aliphatic rings. The lowest BCUT2D eigenvalue weighted by molar-refractivity contribution is 0.101. The maximum Gasteiger partial charge on any atom is 0.175 e. The number of carbonyl (C=O) groups is 1. The molecule has 0 radical (unpaired) electrons. The SMILES string of the molecule is CSc1ccc2cc(C(C)=O)[nH]c2c1. The molecule has 0 fully saturated rings. The van der Waals surface area contributed by atoms with Gasteiger partial charge in [-0.15, -0.1) is 11.8 Å². The maximum absolute atomic E-state index is 11.1. The molecule has 0 atom stereocenters. The minimum Gasteiger partial charge on any atom is -0.352 e. The fourth-order valence-electron chi connectivity index (χ4n) is 1.42. The normalized spacial score (nSPS) is 10.7. The van der Waals surface area contributed by atoms with E-state index in [0.29, 0.717) is 5.69 Å². The van der Waals surface area contributed by atoms with E-state index in [2.05, 4.69) is 17.1 Å². The molecule has 1 aromatic heterocycles. The number of H-pyrrole nitrogens is 1. The minimum atomic E-state index is 0.0758. The van der Waals surface area contributed by atoms with Gasteiger partial charge in [0, 0.05) is 22.7 Å². The van der Waals surface area contributed by atoms with Crippen LogP contribution in [0.1, 0.15) is 17.4 Å². The molecular weight excluding hydrogens is 194 g/mol. The molecule has 0 aliphatic heterocycles. The van der Waals surface area contributed by atoms with Gasteiger partial charge in [-0.05, 0) is 24.5 Å². The lowest BCUT2D eigenvalue weighted by Crippen LogP contribution is -1.89. The Balaban J connectivity index is 2.60. The molecule has 0 aliphatic carbocycles. The summed E-state index contributed by atoms with van der Waals surface area (Å²) in [5.74, 6) is 0.0758. The van der Waals surface area contributed by atoms with Gasteiger partial charge in [-0.1, -0.05) is 6.07 Å². The summed E-state index contributed by atoms with van der Waals surface area (Å²) in [5.41, 5.74) is 1.71. The summed E-state index contributed by atoms with van der Waals surface area (Å²) >= 11 is 1.70. The molecule has 0 unspecified atom stereocenters. The monoisotopic (exact) mass is 205 g/mol. The van der Waals surface area contributed by atoms with Crippen LogP contribution >= 0.6 is 11.8 Å². The molecule has 1 N–H and O–H groups in total. The highest BCUT2D eigenvalue weighted by molar-refractivity contribution is 7.98. The van der Waals surface area contributed by atoms with Crippen LogP contribution in [0.15, 0.2) is 29.2 Å². The molecule has 72 valence electrons. The zero-order valence-corrected chi connectivity index (χ0v) is 8.94. The minimum absolute atomic E-state index is 0.0758. The number of hydrogen-bond donors (Lipinski definition) is 1. The van der Waals surface area contributed by atoms with Crippen molar-refractivity contribution in [3.05, 3.63) is 30.0 Å². The molecule has 2 aromatic rings. The molecule has 3 heteroatoms. The standard InChI is InChI=1S/C11H11NOS/c1-7(13)10-5-8-3-4-9(14-2)6-11(8)12-10/h3-6,12H,1-2H3. The Kier molecular flexibility index (Phi) is 2.33. The summed E-state index contributed by atoms with van der Waals surface area (Å²) < 4.78 is 0. The van der Waals surface area contributed by atoms with Gasteiger partial charge < -0.3 is 4.98 Å². The van der Waals surface area contributed by atoms with Gasteiger partial charge in [0.15, 0.2) is 5.78 Å². The smallest absolute Gasteiger partial charge is 0.175 e. The zero-order chi connectivity index (χ0) is 10.1. The maximum atomic E-state index is 11.1. The van der Waals surface area contributed by atoms with Crippen molar-refractivity contribution in [1.29, 1.82) is 0 Å². The first-order valence-electron chi connectivity index (χ1n) is 4.38. The number of hydrogen-bond acceptors (Lipinski definition) is 2. The number of benzene rings is 1. The highest BCUT2D eigenvalue weighted by Crippen LogP contribution is 2.22. The number of carbonyl (C=O) groups excluding carboxylic acids is 1. The number of fused-ring (bicyclic) bond motifs is 1. The Morgan fingerprint density at radius 1 is 1.36 bits per heavy atom. The van der Waals surface area contributed by atoms with Crippen LogP contribution in [0.25, 0.3) is 10.9 Å². The van der Waals surface area contributed by atoms with Gasteiger partial charge in [-0.3, -0.25) is 4.79 Å². The molecule has 14 heavy (non-hydrogen) atoms. The van der Waals surface area contributed by atoms with Crippen molar-refractivity contribution >= 4 is 28.4 Å². The summed E-state index contributed by atoms with van der Waals surface area (Å²) in [7, 11) is 0. The Morgan fingerprint density at radius 3 is 2.79 bits per heavy atom. The first kappa shape index (κ1) is 9.34. The van der Waals surface area contributed by atoms with Crippen LogP contribution in [0.4, 0.5) is 0 Å². The van der Waals surface area contributed by atoms with E-state index in [9.17, 15) is 4.79 Å². The first-order valence-corrected chi connectivity index (χ1v) is 5.61. The van der Waals surface area contributed by atoms with Crippen molar-refractivity contribution in [3.63, 3.8) is 0 Å². The third-order valence-corrected chi connectivity index (χ3v) is 2.93. The van der Waals surface area contributed by atoms with E-state index < -0.39 is 0 Å². The van der Waals surface area contributed by atoms with Gasteiger partial charge in [0.05, 0.1) is 5.69 Å². The number of Topliss-reactive ketones (excluding diaryl/α,β-unsaturated/α-hetero) is 1. The van der Waals surface area contributed by atoms with E-state index in [-0.39, 0.29) is 5.78 Å². The van der Waals surface area contributed by atoms with Crippen molar-refractivity contribution in [2.24, 2.45) is 0 Å². The fraction of sp³-hybridized carbons (Fsp3) is 0.182. The number of ketones is 1. The Labute approximate surface area is 86.7 Å². The van der Waals surface area contributed by atoms with Gasteiger partial charge in [0.1, 0.15) is 0 Å². The van der Waals surface area contributed by atoms with E-state index in [4.69, 9.17) is 0 Å². The second-order valence-electron chi connectivity index (χ2n) is 3.19. The summed E-state index contributed by atoms with van der Waals surface area (Å²) in [6.45, 7) is 1.57. The van der Waals surface area contributed by atoms with E-state index in [1.165, 1.54) is 4.90 Å². The Morgan fingerprint density at radius 2 is 2.14 bits per heavy atom. The van der Waals surface area contributed by atoms with Crippen molar-refractivity contribution in [1.82, 2.24) is 4.98 Å². The van der Waals surface area contributed by atoms with E-state index in [0.717, 1.165) is 10.9 Å². The number of aromatic amines is 1. The third kappa shape index (κ3) is 1.55. The van der Waals surface area contributed by atoms with Crippen LogP contribution in [0.2, 0.25) is 0 Å². The molecule has 0 amide bonds. The Bertz CT molecular complexity index is 487.